The van der Waals surface area contributed by atoms with Gasteiger partial charge in [-0.3, -0.25) is 14.4 Å². The minimum absolute atomic E-state index is 0.00365. The van der Waals surface area contributed by atoms with Crippen LogP contribution in [0.3, 0.4) is 0 Å². The van der Waals surface area contributed by atoms with Gasteiger partial charge >= 0.3 is 12.2 Å². The topological polar surface area (TPSA) is 188 Å². The van der Waals surface area contributed by atoms with E-state index in [-0.39, 0.29) is 30.2 Å². The van der Waals surface area contributed by atoms with Crippen LogP contribution < -0.4 is 10.0 Å². The molecule has 0 radical (unpaired) electrons. The van der Waals surface area contributed by atoms with Crippen molar-refractivity contribution in [2.24, 2.45) is 11.1 Å². The predicted molar refractivity (Wildman–Crippen MR) is 146 cm³/mol. The molecule has 13 heteroatoms. The third-order valence-electron chi connectivity index (χ3n) is 6.29. The molecule has 3 N–H and O–H groups in total. The van der Waals surface area contributed by atoms with Crippen LogP contribution in [0.5, 0.6) is 0 Å². The van der Waals surface area contributed by atoms with E-state index in [2.05, 4.69) is 20.0 Å². The fourth-order valence-electron chi connectivity index (χ4n) is 4.34. The van der Waals surface area contributed by atoms with E-state index in [1.54, 1.807) is 74.5 Å². The Labute approximate surface area is 232 Å². The van der Waals surface area contributed by atoms with E-state index in [1.807, 2.05) is 0 Å². The van der Waals surface area contributed by atoms with E-state index in [0.29, 0.717) is 17.3 Å². The summed E-state index contributed by atoms with van der Waals surface area (Å²) in [7, 11) is -3.82. The van der Waals surface area contributed by atoms with Gasteiger partial charge in [0.15, 0.2) is 0 Å². The van der Waals surface area contributed by atoms with Crippen molar-refractivity contribution in [2.45, 2.75) is 56.5 Å². The molecule has 1 heterocycles. The van der Waals surface area contributed by atoms with Crippen LogP contribution in [0.25, 0.3) is 5.53 Å². The van der Waals surface area contributed by atoms with Crippen molar-refractivity contribution in [1.29, 1.82) is 0 Å². The van der Waals surface area contributed by atoms with E-state index >= 15 is 0 Å². The standard InChI is InChI=1S/C27H31N5O7S/c1-18(2)25(32-40(37,38)17-20-11-7-4-8-12-20)22-15-27(39-31-22,14-19-9-5-3-6-10-19)26(36)30-21(13-24(34)35)23(33)16-29-28/h3-12,16,18,21,25,32H,13-15,17H2,1-2H3,(H,30,36)(H,34,35)/t21-,25-,27?/m0/s1. The number of carboxylic acid groups (broad SMARTS) is 1. The second kappa shape index (κ2) is 13.2. The number of hydrogen-bond acceptors (Lipinski definition) is 7. The molecule has 0 saturated heterocycles. The zero-order chi connectivity index (χ0) is 29.3. The first-order valence-electron chi connectivity index (χ1n) is 12.5. The monoisotopic (exact) mass is 569 g/mol. The van der Waals surface area contributed by atoms with Crippen LogP contribution in [0.15, 0.2) is 65.8 Å². The number of oxime groups is 1. The van der Waals surface area contributed by atoms with Gasteiger partial charge in [-0.05, 0) is 17.0 Å². The van der Waals surface area contributed by atoms with E-state index in [0.717, 1.165) is 0 Å². The molecule has 0 bridgehead atoms. The molecule has 12 nitrogen and oxygen atoms in total. The lowest BCUT2D eigenvalue weighted by Gasteiger charge is -2.28. The highest BCUT2D eigenvalue weighted by Crippen LogP contribution is 2.31. The van der Waals surface area contributed by atoms with Crippen LogP contribution in [0, 0.1) is 5.92 Å². The number of sulfonamides is 1. The fourth-order valence-corrected chi connectivity index (χ4v) is 5.85. The molecule has 212 valence electrons. The normalized spacial score (nSPS) is 18.1. The third-order valence-corrected chi connectivity index (χ3v) is 7.62. The molecule has 1 amide bonds. The number of nitrogens with zero attached hydrogens (tertiary/aromatic N) is 3. The smallest absolute Gasteiger partial charge is 0.325 e. The largest absolute Gasteiger partial charge is 0.481 e. The maximum atomic E-state index is 13.6. The molecular weight excluding hydrogens is 538 g/mol. The van der Waals surface area contributed by atoms with Crippen molar-refractivity contribution in [2.75, 3.05) is 0 Å². The predicted octanol–water partition coefficient (Wildman–Crippen LogP) is 1.72. The Kier molecular flexibility index (Phi) is 10.1. The van der Waals surface area contributed by atoms with Gasteiger partial charge in [-0.2, -0.15) is 4.79 Å². The summed E-state index contributed by atoms with van der Waals surface area (Å²) in [5, 5.41) is 15.8. The molecule has 3 atom stereocenters. The zero-order valence-corrected chi connectivity index (χ0v) is 22.9. The average Bonchev–Trinajstić information content (AvgIpc) is 3.32. The number of amides is 1. The lowest BCUT2D eigenvalue weighted by atomic mass is 9.85. The van der Waals surface area contributed by atoms with Gasteiger partial charge in [0.2, 0.25) is 15.6 Å². The molecule has 1 unspecified atom stereocenters. The van der Waals surface area contributed by atoms with Crippen molar-refractivity contribution in [3.63, 3.8) is 0 Å². The summed E-state index contributed by atoms with van der Waals surface area (Å²) in [6.45, 7) is 3.59. The number of carboxylic acids is 1. The van der Waals surface area contributed by atoms with Gasteiger partial charge < -0.3 is 20.8 Å². The first-order valence-corrected chi connectivity index (χ1v) is 14.2. The molecule has 0 fully saturated rings. The van der Waals surface area contributed by atoms with Gasteiger partial charge in [-0.25, -0.2) is 13.1 Å². The van der Waals surface area contributed by atoms with Gasteiger partial charge in [0.25, 0.3) is 11.7 Å². The maximum Gasteiger partial charge on any atom is 0.325 e. The van der Waals surface area contributed by atoms with Crippen molar-refractivity contribution < 1.29 is 37.5 Å². The molecule has 3 rings (SSSR count). The molecule has 0 aromatic heterocycles. The fraction of sp³-hybridized carbons (Fsp3) is 0.370. The van der Waals surface area contributed by atoms with Crippen LogP contribution >= 0.6 is 0 Å². The van der Waals surface area contributed by atoms with E-state index in [9.17, 15) is 27.9 Å². The van der Waals surface area contributed by atoms with Crippen molar-refractivity contribution in [3.8, 4) is 0 Å². The first kappa shape index (κ1) is 30.4. The molecule has 1 aliphatic rings. The second-order valence-corrected chi connectivity index (χ2v) is 11.6. The lowest BCUT2D eigenvalue weighted by molar-refractivity contribution is -0.147. The summed E-state index contributed by atoms with van der Waals surface area (Å²) in [5.41, 5.74) is 8.59. The molecule has 2 aromatic carbocycles. The number of nitrogens with one attached hydrogen (secondary N) is 2. The summed E-state index contributed by atoms with van der Waals surface area (Å²) in [6, 6.07) is 15.2. The lowest BCUT2D eigenvalue weighted by Crippen LogP contribution is -2.55. The maximum absolute atomic E-state index is 13.6. The summed E-state index contributed by atoms with van der Waals surface area (Å²) < 4.78 is 28.7. The van der Waals surface area contributed by atoms with Gasteiger partial charge in [-0.1, -0.05) is 79.7 Å². The number of aliphatic carboxylic acids is 1. The Morgan fingerprint density at radius 1 is 1.10 bits per heavy atom. The van der Waals surface area contributed by atoms with Crippen LogP contribution in [-0.2, 0) is 41.4 Å². The molecule has 0 saturated carbocycles. The Morgan fingerprint density at radius 2 is 1.70 bits per heavy atom. The molecular formula is C27H31N5O7S. The summed E-state index contributed by atoms with van der Waals surface area (Å²) in [5.74, 6) is -3.65. The molecule has 1 aliphatic heterocycles. The average molecular weight is 570 g/mol. The Hall–Kier alpha value is -4.19. The Balaban J connectivity index is 1.89. The number of ketones is 1. The number of Topliss-reactive ketones (excluding diaryl/α,β-unsaturated/α-hetero) is 1. The summed E-state index contributed by atoms with van der Waals surface area (Å²) >= 11 is 0. The van der Waals surface area contributed by atoms with Crippen LogP contribution in [0.2, 0.25) is 0 Å². The van der Waals surface area contributed by atoms with Gasteiger partial charge in [0, 0.05) is 12.8 Å². The summed E-state index contributed by atoms with van der Waals surface area (Å²) in [4.78, 5) is 45.7. The first-order chi connectivity index (χ1) is 18.9. The van der Waals surface area contributed by atoms with Crippen molar-refractivity contribution in [3.05, 3.63) is 77.3 Å². The number of carbonyl (C=O) groups is 3. The third kappa shape index (κ3) is 8.15. The number of benzene rings is 2. The quantitative estimate of drug-likeness (QED) is 0.175. The number of carbonyl (C=O) groups excluding carboxylic acids is 2. The van der Waals surface area contributed by atoms with Gasteiger partial charge in [0.1, 0.15) is 6.04 Å². The zero-order valence-electron chi connectivity index (χ0n) is 22.1. The van der Waals surface area contributed by atoms with Crippen LogP contribution in [-0.4, -0.2) is 65.6 Å². The van der Waals surface area contributed by atoms with E-state index in [1.165, 1.54) is 0 Å². The van der Waals surface area contributed by atoms with Crippen LogP contribution in [0.4, 0.5) is 0 Å². The van der Waals surface area contributed by atoms with Gasteiger partial charge in [0.05, 0.1) is 23.9 Å². The Morgan fingerprint density at radius 3 is 2.25 bits per heavy atom. The molecule has 0 spiro atoms. The molecule has 0 aliphatic carbocycles. The van der Waals surface area contributed by atoms with Crippen molar-refractivity contribution >= 4 is 39.6 Å². The number of rotatable bonds is 14. The van der Waals surface area contributed by atoms with Gasteiger partial charge in [-0.15, -0.1) is 0 Å². The SMILES string of the molecule is CC(C)[C@H](NS(=O)(=O)Cc1ccccc1)C1=NOC(Cc2ccccc2)(C(=O)N[C@@H](CC(=O)O)C(=O)C=[N+]=[N-])C1. The highest BCUT2D eigenvalue weighted by atomic mass is 32.2. The minimum Gasteiger partial charge on any atom is -0.481 e. The minimum atomic E-state index is -3.82. The van der Waals surface area contributed by atoms with Crippen LogP contribution in [0.1, 0.15) is 37.8 Å². The number of hydrogen-bond donors (Lipinski definition) is 3. The summed E-state index contributed by atoms with van der Waals surface area (Å²) in [6.07, 6.45) is -0.395. The second-order valence-electron chi connectivity index (χ2n) is 9.86. The molecule has 2 aromatic rings. The highest BCUT2D eigenvalue weighted by molar-refractivity contribution is 7.88. The Bertz CT molecular complexity index is 1410. The van der Waals surface area contributed by atoms with E-state index < -0.39 is 51.8 Å². The van der Waals surface area contributed by atoms with E-state index in [4.69, 9.17) is 10.4 Å². The highest BCUT2D eigenvalue weighted by Gasteiger charge is 2.50. The molecule has 40 heavy (non-hydrogen) atoms. The van der Waals surface area contributed by atoms with Crippen molar-refractivity contribution in [1.82, 2.24) is 10.0 Å².